The lowest BCUT2D eigenvalue weighted by Gasteiger charge is -2.10. The number of rotatable bonds is 8. The first-order chi connectivity index (χ1) is 12.7. The Bertz CT molecular complexity index is 751. The first kappa shape index (κ1) is 20.4. The molecule has 0 fully saturated rings. The first-order valence-corrected chi connectivity index (χ1v) is 7.66. The maximum absolute atomic E-state index is 12.1. The van der Waals surface area contributed by atoms with Crippen LogP contribution in [0.2, 0.25) is 0 Å². The molecule has 27 heavy (non-hydrogen) atoms. The average molecular weight is 390 g/mol. The van der Waals surface area contributed by atoms with Gasteiger partial charge in [-0.2, -0.15) is 22.0 Å². The molecule has 0 aliphatic rings. The molecule has 1 aromatic heterocycles. The second kappa shape index (κ2) is 9.15. The van der Waals surface area contributed by atoms with E-state index in [1.807, 2.05) is 0 Å². The quantitative estimate of drug-likeness (QED) is 0.701. The summed E-state index contributed by atoms with van der Waals surface area (Å²) in [6.45, 7) is -4.32. The molecule has 2 rings (SSSR count). The fraction of sp³-hybridized carbons (Fsp3) is 0.294. The second-order valence-electron chi connectivity index (χ2n) is 5.38. The highest BCUT2D eigenvalue weighted by atomic mass is 19.4. The van der Waals surface area contributed by atoms with E-state index in [1.165, 1.54) is 42.6 Å². The molecule has 1 N–H and O–H groups in total. The molecule has 0 atom stereocenters. The fourth-order valence-electron chi connectivity index (χ4n) is 2.03. The van der Waals surface area contributed by atoms with Crippen molar-refractivity contribution in [3.8, 4) is 11.6 Å². The van der Waals surface area contributed by atoms with Crippen LogP contribution in [-0.2, 0) is 17.8 Å². The number of ether oxygens (including phenoxy) is 2. The molecule has 0 aliphatic carbocycles. The fourth-order valence-corrected chi connectivity index (χ4v) is 2.03. The summed E-state index contributed by atoms with van der Waals surface area (Å²) in [7, 11) is 0. The standard InChI is InChI=1S/C17H15F5N2O3/c18-16(19)27-13-3-1-11(2-4-13)7-14(25)24-9-12-5-6-23-15(8-12)26-10-17(20,21)22/h1-6,8,16H,7,9-10H2,(H,24,25). The minimum atomic E-state index is -4.47. The van der Waals surface area contributed by atoms with Crippen molar-refractivity contribution in [3.63, 3.8) is 0 Å². The Hall–Kier alpha value is -2.91. The van der Waals surface area contributed by atoms with Crippen LogP contribution in [0.4, 0.5) is 22.0 Å². The maximum atomic E-state index is 12.1. The van der Waals surface area contributed by atoms with Gasteiger partial charge in [-0.05, 0) is 29.3 Å². The summed E-state index contributed by atoms with van der Waals surface area (Å²) < 4.78 is 69.3. The van der Waals surface area contributed by atoms with Gasteiger partial charge in [0.15, 0.2) is 6.61 Å². The predicted molar refractivity (Wildman–Crippen MR) is 84.4 cm³/mol. The van der Waals surface area contributed by atoms with E-state index in [9.17, 15) is 26.7 Å². The highest BCUT2D eigenvalue weighted by molar-refractivity contribution is 5.78. The summed E-state index contributed by atoms with van der Waals surface area (Å²) in [5, 5.41) is 2.60. The molecule has 1 amide bonds. The zero-order chi connectivity index (χ0) is 19.9. The van der Waals surface area contributed by atoms with Crippen LogP contribution in [-0.4, -0.2) is 30.3 Å². The molecule has 1 heterocycles. The lowest BCUT2D eigenvalue weighted by atomic mass is 10.1. The number of aromatic nitrogens is 1. The van der Waals surface area contributed by atoms with Gasteiger partial charge in [-0.15, -0.1) is 0 Å². The smallest absolute Gasteiger partial charge is 0.422 e. The van der Waals surface area contributed by atoms with Gasteiger partial charge in [0, 0.05) is 18.8 Å². The number of hydrogen-bond acceptors (Lipinski definition) is 4. The van der Waals surface area contributed by atoms with Crippen molar-refractivity contribution in [1.29, 1.82) is 0 Å². The summed E-state index contributed by atoms with van der Waals surface area (Å²) >= 11 is 0. The summed E-state index contributed by atoms with van der Waals surface area (Å²) in [6, 6.07) is 8.42. The summed E-state index contributed by atoms with van der Waals surface area (Å²) in [5.41, 5.74) is 1.09. The van der Waals surface area contributed by atoms with Crippen molar-refractivity contribution in [2.45, 2.75) is 25.8 Å². The van der Waals surface area contributed by atoms with Gasteiger partial charge in [-0.1, -0.05) is 12.1 Å². The lowest BCUT2D eigenvalue weighted by Crippen LogP contribution is -2.24. The molecule has 0 aliphatic heterocycles. The second-order valence-corrected chi connectivity index (χ2v) is 5.38. The van der Waals surface area contributed by atoms with Crippen LogP contribution in [0.3, 0.4) is 0 Å². The maximum Gasteiger partial charge on any atom is 0.422 e. The van der Waals surface area contributed by atoms with Crippen molar-refractivity contribution in [1.82, 2.24) is 10.3 Å². The van der Waals surface area contributed by atoms with E-state index < -0.39 is 19.4 Å². The molecule has 0 radical (unpaired) electrons. The van der Waals surface area contributed by atoms with Crippen molar-refractivity contribution in [2.75, 3.05) is 6.61 Å². The first-order valence-electron chi connectivity index (χ1n) is 7.66. The Labute approximate surface area is 151 Å². The molecule has 2 aromatic rings. The molecule has 5 nitrogen and oxygen atoms in total. The highest BCUT2D eigenvalue weighted by Gasteiger charge is 2.28. The number of nitrogens with one attached hydrogen (secondary N) is 1. The molecule has 1 aromatic carbocycles. The molecular weight excluding hydrogens is 375 g/mol. The molecule has 146 valence electrons. The van der Waals surface area contributed by atoms with Crippen LogP contribution in [0.1, 0.15) is 11.1 Å². The highest BCUT2D eigenvalue weighted by Crippen LogP contribution is 2.18. The van der Waals surface area contributed by atoms with Crippen LogP contribution in [0.5, 0.6) is 11.6 Å². The van der Waals surface area contributed by atoms with E-state index >= 15 is 0 Å². The van der Waals surface area contributed by atoms with Gasteiger partial charge in [-0.3, -0.25) is 4.79 Å². The number of alkyl halides is 5. The molecular formula is C17H15F5N2O3. The Morgan fingerprint density at radius 3 is 2.44 bits per heavy atom. The van der Waals surface area contributed by atoms with Crippen LogP contribution in [0.15, 0.2) is 42.6 Å². The van der Waals surface area contributed by atoms with Gasteiger partial charge in [-0.25, -0.2) is 4.98 Å². The predicted octanol–water partition coefficient (Wildman–Crippen LogP) is 3.48. The summed E-state index contributed by atoms with van der Waals surface area (Å²) in [4.78, 5) is 15.6. The zero-order valence-corrected chi connectivity index (χ0v) is 13.8. The van der Waals surface area contributed by atoms with Gasteiger partial charge in [0.2, 0.25) is 11.8 Å². The zero-order valence-electron chi connectivity index (χ0n) is 13.8. The lowest BCUT2D eigenvalue weighted by molar-refractivity contribution is -0.154. The van der Waals surface area contributed by atoms with E-state index in [0.717, 1.165) is 0 Å². The van der Waals surface area contributed by atoms with Gasteiger partial charge in [0.1, 0.15) is 5.75 Å². The number of pyridine rings is 1. The van der Waals surface area contributed by atoms with Gasteiger partial charge in [0.05, 0.1) is 6.42 Å². The van der Waals surface area contributed by atoms with Crippen LogP contribution in [0, 0.1) is 0 Å². The number of amides is 1. The third-order valence-corrected chi connectivity index (χ3v) is 3.19. The normalized spacial score (nSPS) is 11.3. The molecule has 0 saturated heterocycles. The van der Waals surface area contributed by atoms with E-state index in [1.54, 1.807) is 0 Å². The Morgan fingerprint density at radius 2 is 1.81 bits per heavy atom. The molecule has 0 saturated carbocycles. The minimum Gasteiger partial charge on any atom is -0.468 e. The van der Waals surface area contributed by atoms with E-state index in [2.05, 4.69) is 19.8 Å². The summed E-state index contributed by atoms with van der Waals surface area (Å²) in [5.74, 6) is -0.571. The number of carbonyl (C=O) groups excluding carboxylic acids is 1. The SMILES string of the molecule is O=C(Cc1ccc(OC(F)F)cc1)NCc1ccnc(OCC(F)(F)F)c1. The average Bonchev–Trinajstić information content (AvgIpc) is 2.59. The van der Waals surface area contributed by atoms with Gasteiger partial charge in [0.25, 0.3) is 0 Å². The summed E-state index contributed by atoms with van der Waals surface area (Å²) in [6.07, 6.45) is -3.20. The number of carbonyl (C=O) groups is 1. The number of halogens is 5. The van der Waals surface area contributed by atoms with Crippen molar-refractivity contribution in [3.05, 3.63) is 53.7 Å². The third-order valence-electron chi connectivity index (χ3n) is 3.19. The third kappa shape index (κ3) is 7.89. The number of nitrogens with zero attached hydrogens (tertiary/aromatic N) is 1. The topological polar surface area (TPSA) is 60.5 Å². The van der Waals surface area contributed by atoms with Gasteiger partial charge >= 0.3 is 12.8 Å². The van der Waals surface area contributed by atoms with Crippen molar-refractivity contribution < 1.29 is 36.2 Å². The van der Waals surface area contributed by atoms with Crippen LogP contribution < -0.4 is 14.8 Å². The van der Waals surface area contributed by atoms with Crippen molar-refractivity contribution in [2.24, 2.45) is 0 Å². The van der Waals surface area contributed by atoms with E-state index in [4.69, 9.17) is 0 Å². The molecule has 0 unspecified atom stereocenters. The minimum absolute atomic E-state index is 0.00251. The van der Waals surface area contributed by atoms with Gasteiger partial charge < -0.3 is 14.8 Å². The van der Waals surface area contributed by atoms with E-state index in [-0.39, 0.29) is 30.5 Å². The number of hydrogen-bond donors (Lipinski definition) is 1. The van der Waals surface area contributed by atoms with E-state index in [0.29, 0.717) is 11.1 Å². The largest absolute Gasteiger partial charge is 0.468 e. The van der Waals surface area contributed by atoms with Crippen LogP contribution >= 0.6 is 0 Å². The Balaban J connectivity index is 1.83. The molecule has 0 bridgehead atoms. The van der Waals surface area contributed by atoms with Crippen molar-refractivity contribution >= 4 is 5.91 Å². The molecule has 0 spiro atoms. The molecule has 10 heteroatoms. The van der Waals surface area contributed by atoms with Crippen LogP contribution in [0.25, 0.3) is 0 Å². The Kier molecular flexibility index (Phi) is 6.91. The number of benzene rings is 1. The Morgan fingerprint density at radius 1 is 1.11 bits per heavy atom. The monoisotopic (exact) mass is 390 g/mol.